The summed E-state index contributed by atoms with van der Waals surface area (Å²) in [6, 6.07) is 9.50. The summed E-state index contributed by atoms with van der Waals surface area (Å²) in [5.74, 6) is -0.186. The number of aryl methyl sites for hydroxylation is 1. The average molecular weight is 347 g/mol. The standard InChI is InChI=1S/C15H11BrN2OS/c16-12-6-2-1-4-10(12)14(19)18-15-11(8-17)9-5-3-7-13(9)20-15/h1-2,4,6H,3,5,7H2,(H,18,19). The van der Waals surface area contributed by atoms with Crippen LogP contribution in [0, 0.1) is 11.3 Å². The number of carbonyl (C=O) groups excluding carboxylic acids is 1. The number of rotatable bonds is 2. The summed E-state index contributed by atoms with van der Waals surface area (Å²) in [5, 5.41) is 12.9. The average Bonchev–Trinajstić information content (AvgIpc) is 2.99. The zero-order valence-electron chi connectivity index (χ0n) is 10.6. The molecule has 0 spiro atoms. The molecule has 1 heterocycles. The molecule has 1 aromatic carbocycles. The van der Waals surface area contributed by atoms with E-state index in [0.29, 0.717) is 16.1 Å². The SMILES string of the molecule is N#Cc1c(NC(=O)c2ccccc2Br)sc2c1CCC2. The molecule has 2 aromatic rings. The highest BCUT2D eigenvalue weighted by Gasteiger charge is 2.23. The Morgan fingerprint density at radius 2 is 2.15 bits per heavy atom. The van der Waals surface area contributed by atoms with Gasteiger partial charge in [-0.1, -0.05) is 12.1 Å². The fourth-order valence-corrected chi connectivity index (χ4v) is 4.13. The Morgan fingerprint density at radius 3 is 2.90 bits per heavy atom. The first-order valence-corrected chi connectivity index (χ1v) is 7.92. The van der Waals surface area contributed by atoms with Crippen LogP contribution in [0.3, 0.4) is 0 Å². The van der Waals surface area contributed by atoms with E-state index in [2.05, 4.69) is 27.3 Å². The summed E-state index contributed by atoms with van der Waals surface area (Å²) in [6.45, 7) is 0. The Balaban J connectivity index is 1.91. The molecule has 0 aliphatic heterocycles. The summed E-state index contributed by atoms with van der Waals surface area (Å²) in [6.07, 6.45) is 3.06. The van der Waals surface area contributed by atoms with Crippen LogP contribution in [-0.4, -0.2) is 5.91 Å². The predicted molar refractivity (Wildman–Crippen MR) is 83.2 cm³/mol. The van der Waals surface area contributed by atoms with E-state index in [4.69, 9.17) is 0 Å². The summed E-state index contributed by atoms with van der Waals surface area (Å²) < 4.78 is 0.750. The minimum atomic E-state index is -0.186. The molecular formula is C15H11BrN2OS. The molecule has 0 bridgehead atoms. The molecule has 1 N–H and O–H groups in total. The van der Waals surface area contributed by atoms with Crippen LogP contribution in [0.4, 0.5) is 5.00 Å². The van der Waals surface area contributed by atoms with E-state index in [9.17, 15) is 10.1 Å². The van der Waals surface area contributed by atoms with Crippen LogP contribution in [-0.2, 0) is 12.8 Å². The molecule has 3 rings (SSSR count). The number of hydrogen-bond acceptors (Lipinski definition) is 3. The Hall–Kier alpha value is -1.64. The van der Waals surface area contributed by atoms with Crippen LogP contribution in [0.5, 0.6) is 0 Å². The van der Waals surface area contributed by atoms with Crippen LogP contribution < -0.4 is 5.32 Å². The van der Waals surface area contributed by atoms with E-state index in [1.54, 1.807) is 6.07 Å². The Bertz CT molecular complexity index is 730. The van der Waals surface area contributed by atoms with Gasteiger partial charge >= 0.3 is 0 Å². The van der Waals surface area contributed by atoms with Crippen LogP contribution in [0.2, 0.25) is 0 Å². The van der Waals surface area contributed by atoms with Crippen molar-refractivity contribution in [3.05, 3.63) is 50.3 Å². The number of hydrogen-bond donors (Lipinski definition) is 1. The summed E-state index contributed by atoms with van der Waals surface area (Å²) in [7, 11) is 0. The van der Waals surface area contributed by atoms with E-state index < -0.39 is 0 Å². The lowest BCUT2D eigenvalue weighted by Crippen LogP contribution is -2.12. The van der Waals surface area contributed by atoms with Crippen molar-refractivity contribution in [2.24, 2.45) is 0 Å². The van der Waals surface area contributed by atoms with Gasteiger partial charge in [0.1, 0.15) is 11.1 Å². The number of halogens is 1. The minimum absolute atomic E-state index is 0.186. The van der Waals surface area contributed by atoms with Crippen LogP contribution in [0.25, 0.3) is 0 Å². The second kappa shape index (κ2) is 5.39. The molecule has 0 atom stereocenters. The largest absolute Gasteiger partial charge is 0.312 e. The van der Waals surface area contributed by atoms with Gasteiger partial charge in [0.05, 0.1) is 11.1 Å². The maximum absolute atomic E-state index is 12.3. The monoisotopic (exact) mass is 346 g/mol. The number of benzene rings is 1. The molecule has 3 nitrogen and oxygen atoms in total. The van der Waals surface area contributed by atoms with Gasteiger partial charge in [-0.05, 0) is 52.9 Å². The zero-order valence-corrected chi connectivity index (χ0v) is 13.0. The minimum Gasteiger partial charge on any atom is -0.312 e. The van der Waals surface area contributed by atoms with Crippen molar-refractivity contribution in [2.45, 2.75) is 19.3 Å². The summed E-state index contributed by atoms with van der Waals surface area (Å²) in [5.41, 5.74) is 2.34. The fourth-order valence-electron chi connectivity index (χ4n) is 2.43. The van der Waals surface area contributed by atoms with Crippen molar-refractivity contribution < 1.29 is 4.79 Å². The van der Waals surface area contributed by atoms with Gasteiger partial charge in [0.15, 0.2) is 0 Å². The summed E-state index contributed by atoms with van der Waals surface area (Å²) in [4.78, 5) is 13.5. The highest BCUT2D eigenvalue weighted by Crippen LogP contribution is 2.38. The van der Waals surface area contributed by atoms with Gasteiger partial charge < -0.3 is 5.32 Å². The van der Waals surface area contributed by atoms with Crippen molar-refractivity contribution >= 4 is 38.2 Å². The predicted octanol–water partition coefficient (Wildman–Crippen LogP) is 4.12. The maximum atomic E-state index is 12.3. The number of nitrogens with zero attached hydrogens (tertiary/aromatic N) is 1. The Labute approximate surface area is 129 Å². The Kier molecular flexibility index (Phi) is 3.60. The first-order valence-electron chi connectivity index (χ1n) is 6.31. The summed E-state index contributed by atoms with van der Waals surface area (Å²) >= 11 is 4.90. The molecule has 1 aliphatic rings. The first-order chi connectivity index (χ1) is 9.70. The van der Waals surface area contributed by atoms with Gasteiger partial charge in [0.25, 0.3) is 5.91 Å². The second-order valence-electron chi connectivity index (χ2n) is 4.61. The zero-order chi connectivity index (χ0) is 14.1. The molecule has 5 heteroatoms. The molecule has 0 radical (unpaired) electrons. The number of thiophene rings is 1. The smallest absolute Gasteiger partial charge is 0.257 e. The van der Waals surface area contributed by atoms with Crippen LogP contribution >= 0.6 is 27.3 Å². The third-order valence-electron chi connectivity index (χ3n) is 3.38. The molecule has 0 saturated heterocycles. The van der Waals surface area contributed by atoms with Gasteiger partial charge in [0, 0.05) is 9.35 Å². The van der Waals surface area contributed by atoms with E-state index in [-0.39, 0.29) is 5.91 Å². The molecule has 0 fully saturated rings. The molecule has 100 valence electrons. The van der Waals surface area contributed by atoms with E-state index in [1.807, 2.05) is 18.2 Å². The molecule has 1 aliphatic carbocycles. The number of anilines is 1. The van der Waals surface area contributed by atoms with Crippen molar-refractivity contribution in [1.82, 2.24) is 0 Å². The third-order valence-corrected chi connectivity index (χ3v) is 5.28. The second-order valence-corrected chi connectivity index (χ2v) is 6.57. The van der Waals surface area contributed by atoms with Gasteiger partial charge in [-0.2, -0.15) is 5.26 Å². The van der Waals surface area contributed by atoms with Gasteiger partial charge in [-0.3, -0.25) is 4.79 Å². The normalized spacial score (nSPS) is 12.8. The fraction of sp³-hybridized carbons (Fsp3) is 0.200. The third kappa shape index (κ3) is 2.26. The van der Waals surface area contributed by atoms with Crippen molar-refractivity contribution in [1.29, 1.82) is 5.26 Å². The number of carbonyl (C=O) groups is 1. The lowest BCUT2D eigenvalue weighted by molar-refractivity contribution is 0.102. The first kappa shape index (κ1) is 13.3. The van der Waals surface area contributed by atoms with Gasteiger partial charge in [-0.15, -0.1) is 11.3 Å². The van der Waals surface area contributed by atoms with Gasteiger partial charge in [-0.25, -0.2) is 0 Å². The molecule has 1 amide bonds. The lowest BCUT2D eigenvalue weighted by atomic mass is 10.1. The van der Waals surface area contributed by atoms with Gasteiger partial charge in [0.2, 0.25) is 0 Å². The van der Waals surface area contributed by atoms with E-state index in [0.717, 1.165) is 29.3 Å². The van der Waals surface area contributed by atoms with Crippen LogP contribution in [0.1, 0.15) is 32.8 Å². The van der Waals surface area contributed by atoms with E-state index >= 15 is 0 Å². The molecule has 0 unspecified atom stereocenters. The highest BCUT2D eigenvalue weighted by atomic mass is 79.9. The quantitative estimate of drug-likeness (QED) is 0.888. The molecule has 20 heavy (non-hydrogen) atoms. The van der Waals surface area contributed by atoms with Crippen molar-refractivity contribution in [2.75, 3.05) is 5.32 Å². The maximum Gasteiger partial charge on any atom is 0.257 e. The number of fused-ring (bicyclic) bond motifs is 1. The number of amides is 1. The number of nitriles is 1. The topological polar surface area (TPSA) is 52.9 Å². The van der Waals surface area contributed by atoms with Crippen molar-refractivity contribution in [3.8, 4) is 6.07 Å². The lowest BCUT2D eigenvalue weighted by Gasteiger charge is -2.05. The molecule has 1 aromatic heterocycles. The molecule has 0 saturated carbocycles. The van der Waals surface area contributed by atoms with E-state index in [1.165, 1.54) is 16.2 Å². The Morgan fingerprint density at radius 1 is 1.35 bits per heavy atom. The molecular weight excluding hydrogens is 336 g/mol. The van der Waals surface area contributed by atoms with Crippen LogP contribution in [0.15, 0.2) is 28.7 Å². The number of nitrogens with one attached hydrogen (secondary N) is 1. The highest BCUT2D eigenvalue weighted by molar-refractivity contribution is 9.10. The van der Waals surface area contributed by atoms with Crippen molar-refractivity contribution in [3.63, 3.8) is 0 Å².